The number of benzene rings is 1. The topological polar surface area (TPSA) is 40.5 Å². The molecule has 0 aromatic heterocycles. The molecule has 1 atom stereocenters. The molecule has 1 aromatic rings. The maximum absolute atomic E-state index is 12.2. The molecule has 3 nitrogen and oxygen atoms in total. The highest BCUT2D eigenvalue weighted by molar-refractivity contribution is 5.96. The first-order valence-corrected chi connectivity index (χ1v) is 5.56. The van der Waals surface area contributed by atoms with Gasteiger partial charge < -0.3 is 0 Å². The maximum Gasteiger partial charge on any atom is 0.260 e. The first kappa shape index (κ1) is 11.6. The molecule has 1 aliphatic rings. The largest absolute Gasteiger partial charge is 0.281 e. The summed E-state index contributed by atoms with van der Waals surface area (Å²) < 4.78 is 0. The van der Waals surface area contributed by atoms with E-state index in [1.165, 1.54) is 0 Å². The van der Waals surface area contributed by atoms with E-state index in [2.05, 4.69) is 0 Å². The van der Waals surface area contributed by atoms with Crippen molar-refractivity contribution in [2.45, 2.75) is 13.3 Å². The fourth-order valence-electron chi connectivity index (χ4n) is 1.81. The van der Waals surface area contributed by atoms with Crippen LogP contribution in [0.5, 0.6) is 0 Å². The van der Waals surface area contributed by atoms with Crippen molar-refractivity contribution in [3.8, 4) is 0 Å². The van der Waals surface area contributed by atoms with Gasteiger partial charge in [0.25, 0.3) is 5.91 Å². The van der Waals surface area contributed by atoms with Gasteiger partial charge in [0.15, 0.2) is 0 Å². The Morgan fingerprint density at radius 3 is 2.59 bits per heavy atom. The fraction of sp³-hybridized carbons (Fsp3) is 0.214. The summed E-state index contributed by atoms with van der Waals surface area (Å²) in [6, 6.07) is 8.80. The number of carbonyl (C=O) groups excluding carboxylic acids is 1. The van der Waals surface area contributed by atoms with Gasteiger partial charge in [-0.1, -0.05) is 42.5 Å². The monoisotopic (exact) mass is 229 g/mol. The molecule has 0 bridgehead atoms. The Bertz CT molecular complexity index is 464. The minimum Gasteiger partial charge on any atom is -0.281 e. The summed E-state index contributed by atoms with van der Waals surface area (Å²) in [5.74, 6) is -0.315. The van der Waals surface area contributed by atoms with Crippen LogP contribution in [0.15, 0.2) is 54.6 Å². The molecule has 0 spiro atoms. The number of rotatable bonds is 2. The zero-order valence-electron chi connectivity index (χ0n) is 9.71. The minimum absolute atomic E-state index is 0.315. The second-order valence-electron chi connectivity index (χ2n) is 4.36. The third-order valence-electron chi connectivity index (χ3n) is 2.93. The molecule has 88 valence electrons. The van der Waals surface area contributed by atoms with Crippen LogP contribution < -0.4 is 5.06 Å². The highest BCUT2D eigenvalue weighted by Gasteiger charge is 2.34. The third kappa shape index (κ3) is 2.29. The van der Waals surface area contributed by atoms with Crippen LogP contribution in [0.2, 0.25) is 0 Å². The standard InChI is InChI=1S/C14H15NO2/c1-14(10-6-3-7-11-14)13(16)15(17)12-8-4-2-5-9-12/h2-10,17H,11H2,1H3. The van der Waals surface area contributed by atoms with E-state index in [9.17, 15) is 10.0 Å². The molecule has 1 aliphatic carbocycles. The molecule has 2 rings (SSSR count). The lowest BCUT2D eigenvalue weighted by Gasteiger charge is -2.28. The third-order valence-corrected chi connectivity index (χ3v) is 2.93. The van der Waals surface area contributed by atoms with Crippen molar-refractivity contribution in [2.24, 2.45) is 5.41 Å². The van der Waals surface area contributed by atoms with Crippen LogP contribution in [0.1, 0.15) is 13.3 Å². The summed E-state index contributed by atoms with van der Waals surface area (Å²) in [5.41, 5.74) is -0.180. The summed E-state index contributed by atoms with van der Waals surface area (Å²) >= 11 is 0. The van der Waals surface area contributed by atoms with Crippen LogP contribution in [0, 0.1) is 5.41 Å². The number of para-hydroxylation sites is 1. The van der Waals surface area contributed by atoms with Crippen molar-refractivity contribution < 1.29 is 10.0 Å². The second kappa shape index (κ2) is 4.55. The highest BCUT2D eigenvalue weighted by atomic mass is 16.5. The van der Waals surface area contributed by atoms with Gasteiger partial charge in [-0.05, 0) is 25.5 Å². The van der Waals surface area contributed by atoms with Gasteiger partial charge in [0, 0.05) is 0 Å². The van der Waals surface area contributed by atoms with Crippen molar-refractivity contribution in [3.05, 3.63) is 54.6 Å². The van der Waals surface area contributed by atoms with Gasteiger partial charge in [0.05, 0.1) is 11.1 Å². The van der Waals surface area contributed by atoms with E-state index in [1.807, 2.05) is 37.3 Å². The predicted octanol–water partition coefficient (Wildman–Crippen LogP) is 2.93. The van der Waals surface area contributed by atoms with Crippen molar-refractivity contribution in [1.29, 1.82) is 0 Å². The van der Waals surface area contributed by atoms with Crippen LogP contribution >= 0.6 is 0 Å². The SMILES string of the molecule is CC1(C(=O)N(O)c2ccccc2)C=CC=CC1. The van der Waals surface area contributed by atoms with Crippen molar-refractivity contribution in [1.82, 2.24) is 0 Å². The Balaban J connectivity index is 2.21. The molecule has 1 N–H and O–H groups in total. The van der Waals surface area contributed by atoms with Crippen molar-refractivity contribution >= 4 is 11.6 Å². The molecular formula is C14H15NO2. The molecule has 0 saturated carbocycles. The van der Waals surface area contributed by atoms with Gasteiger partial charge in [-0.15, -0.1) is 0 Å². The average Bonchev–Trinajstić information content (AvgIpc) is 2.39. The van der Waals surface area contributed by atoms with E-state index >= 15 is 0 Å². The molecule has 1 aromatic carbocycles. The van der Waals surface area contributed by atoms with Crippen molar-refractivity contribution in [3.63, 3.8) is 0 Å². The maximum atomic E-state index is 12.2. The Kier molecular flexibility index (Phi) is 3.11. The zero-order valence-corrected chi connectivity index (χ0v) is 9.71. The van der Waals surface area contributed by atoms with E-state index in [0.29, 0.717) is 12.1 Å². The minimum atomic E-state index is -0.667. The molecule has 0 aliphatic heterocycles. The lowest BCUT2D eigenvalue weighted by molar-refractivity contribution is -0.130. The molecular weight excluding hydrogens is 214 g/mol. The molecule has 0 saturated heterocycles. The summed E-state index contributed by atoms with van der Waals surface area (Å²) in [6.45, 7) is 1.82. The second-order valence-corrected chi connectivity index (χ2v) is 4.36. The number of hydrogen-bond donors (Lipinski definition) is 1. The van der Waals surface area contributed by atoms with E-state index < -0.39 is 5.41 Å². The summed E-state index contributed by atoms with van der Waals surface area (Å²) in [6.07, 6.45) is 8.09. The fourth-order valence-corrected chi connectivity index (χ4v) is 1.81. The first-order chi connectivity index (χ1) is 8.13. The van der Waals surface area contributed by atoms with E-state index in [4.69, 9.17) is 0 Å². The van der Waals surface area contributed by atoms with Crippen LogP contribution in [0.4, 0.5) is 5.69 Å². The first-order valence-electron chi connectivity index (χ1n) is 5.56. The molecule has 1 unspecified atom stereocenters. The van der Waals surface area contributed by atoms with Crippen LogP contribution in [-0.4, -0.2) is 11.1 Å². The van der Waals surface area contributed by atoms with Gasteiger partial charge in [0.2, 0.25) is 0 Å². The number of nitrogens with zero attached hydrogens (tertiary/aromatic N) is 1. The number of allylic oxidation sites excluding steroid dienone is 3. The lowest BCUT2D eigenvalue weighted by Crippen LogP contribution is -2.39. The Labute approximate surface area is 101 Å². The van der Waals surface area contributed by atoms with Gasteiger partial charge in [-0.2, -0.15) is 5.06 Å². The molecule has 1 amide bonds. The molecule has 3 heteroatoms. The van der Waals surface area contributed by atoms with E-state index in [1.54, 1.807) is 24.3 Å². The molecule has 17 heavy (non-hydrogen) atoms. The number of carbonyl (C=O) groups is 1. The number of hydrogen-bond acceptors (Lipinski definition) is 2. The Morgan fingerprint density at radius 2 is 2.00 bits per heavy atom. The quantitative estimate of drug-likeness (QED) is 0.625. The van der Waals surface area contributed by atoms with Gasteiger partial charge in [-0.3, -0.25) is 10.0 Å². The lowest BCUT2D eigenvalue weighted by atomic mass is 9.82. The van der Waals surface area contributed by atoms with Crippen molar-refractivity contribution in [2.75, 3.05) is 5.06 Å². The van der Waals surface area contributed by atoms with E-state index in [0.717, 1.165) is 5.06 Å². The van der Waals surface area contributed by atoms with Gasteiger partial charge >= 0.3 is 0 Å². The Morgan fingerprint density at radius 1 is 1.29 bits per heavy atom. The van der Waals surface area contributed by atoms with E-state index in [-0.39, 0.29) is 5.91 Å². The van der Waals surface area contributed by atoms with Crippen LogP contribution in [-0.2, 0) is 4.79 Å². The summed E-state index contributed by atoms with van der Waals surface area (Å²) in [4.78, 5) is 12.2. The van der Waals surface area contributed by atoms with Gasteiger partial charge in [-0.25, -0.2) is 0 Å². The average molecular weight is 229 g/mol. The predicted molar refractivity (Wildman–Crippen MR) is 66.7 cm³/mol. The molecule has 0 radical (unpaired) electrons. The molecule has 0 heterocycles. The van der Waals surface area contributed by atoms with Crippen LogP contribution in [0.25, 0.3) is 0 Å². The number of anilines is 1. The number of hydroxylamine groups is 1. The number of amides is 1. The van der Waals surface area contributed by atoms with Gasteiger partial charge in [0.1, 0.15) is 0 Å². The smallest absolute Gasteiger partial charge is 0.260 e. The zero-order chi connectivity index (χ0) is 12.3. The van der Waals surface area contributed by atoms with Crippen LogP contribution in [0.3, 0.4) is 0 Å². The summed E-state index contributed by atoms with van der Waals surface area (Å²) in [7, 11) is 0. The highest BCUT2D eigenvalue weighted by Crippen LogP contribution is 2.30. The summed E-state index contributed by atoms with van der Waals surface area (Å²) in [5, 5.41) is 10.7. The molecule has 0 fully saturated rings. The normalized spacial score (nSPS) is 22.5. The Hall–Kier alpha value is -1.87.